The van der Waals surface area contributed by atoms with Crippen LogP contribution in [0.3, 0.4) is 0 Å². The largest absolute Gasteiger partial charge is 0.452 e. The third kappa shape index (κ3) is 4.64. The fraction of sp³-hybridized carbons (Fsp3) is 0.273. The summed E-state index contributed by atoms with van der Waals surface area (Å²) in [6.45, 7) is 0.826. The maximum atomic E-state index is 12.6. The van der Waals surface area contributed by atoms with E-state index in [9.17, 15) is 4.79 Å². The number of thioether (sulfide) groups is 1. The quantitative estimate of drug-likeness (QED) is 0.416. The number of ether oxygens (including phenoxy) is 2. The number of oxazole rings is 1. The Morgan fingerprint density at radius 3 is 2.79 bits per heavy atom. The van der Waals surface area contributed by atoms with E-state index < -0.39 is 0 Å². The fourth-order valence-corrected chi connectivity index (χ4v) is 4.15. The van der Waals surface area contributed by atoms with Crippen molar-refractivity contribution in [2.75, 3.05) is 12.4 Å². The maximum Gasteiger partial charge on any atom is 0.339 e. The Balaban J connectivity index is 1.37. The molecule has 4 rings (SSSR count). The molecule has 0 bridgehead atoms. The molecule has 1 aliphatic rings. The summed E-state index contributed by atoms with van der Waals surface area (Å²) in [4.78, 5) is 17.7. The lowest BCUT2D eigenvalue weighted by Gasteiger charge is -2.11. The molecule has 0 saturated carbocycles. The topological polar surface area (TPSA) is 61.6 Å². The van der Waals surface area contributed by atoms with Crippen molar-refractivity contribution in [2.24, 2.45) is 0 Å². The molecular weight excluding hydrogens is 374 g/mol. The molecular formula is C22H21NO4S. The Morgan fingerprint density at radius 2 is 1.96 bits per heavy atom. The predicted molar refractivity (Wildman–Crippen MR) is 107 cm³/mol. The first kappa shape index (κ1) is 18.8. The van der Waals surface area contributed by atoms with E-state index in [0.29, 0.717) is 17.2 Å². The van der Waals surface area contributed by atoms with Gasteiger partial charge in [0.2, 0.25) is 5.89 Å². The van der Waals surface area contributed by atoms with Crippen molar-refractivity contribution in [1.82, 2.24) is 4.98 Å². The van der Waals surface area contributed by atoms with Gasteiger partial charge in [-0.3, -0.25) is 0 Å². The van der Waals surface area contributed by atoms with Gasteiger partial charge in [-0.1, -0.05) is 42.5 Å². The molecule has 2 aromatic carbocycles. The smallest absolute Gasteiger partial charge is 0.339 e. The molecule has 1 saturated heterocycles. The number of aromatic nitrogens is 1. The first-order valence-corrected chi connectivity index (χ1v) is 10.3. The molecule has 0 aliphatic carbocycles. The highest BCUT2D eigenvalue weighted by atomic mass is 32.2. The number of hydrogen-bond acceptors (Lipinski definition) is 6. The Hall–Kier alpha value is -2.57. The summed E-state index contributed by atoms with van der Waals surface area (Å²) in [5.41, 5.74) is 1.49. The van der Waals surface area contributed by atoms with Crippen molar-refractivity contribution in [1.29, 1.82) is 0 Å². The highest BCUT2D eigenvalue weighted by molar-refractivity contribution is 7.99. The van der Waals surface area contributed by atoms with Crippen LogP contribution in [0.15, 0.2) is 70.1 Å². The van der Waals surface area contributed by atoms with Crippen LogP contribution in [0.1, 0.15) is 29.1 Å². The first-order valence-electron chi connectivity index (χ1n) is 9.30. The van der Waals surface area contributed by atoms with Crippen LogP contribution in [-0.2, 0) is 16.1 Å². The zero-order chi connectivity index (χ0) is 19.2. The minimum atomic E-state index is -0.380. The van der Waals surface area contributed by atoms with E-state index in [1.165, 1.54) is 0 Å². The lowest BCUT2D eigenvalue weighted by molar-refractivity contribution is 0.0434. The van der Waals surface area contributed by atoms with Crippen LogP contribution in [0.4, 0.5) is 0 Å². The van der Waals surface area contributed by atoms with Gasteiger partial charge in [0.15, 0.2) is 12.4 Å². The number of esters is 1. The second kappa shape index (κ2) is 9.08. The van der Waals surface area contributed by atoms with Crippen LogP contribution in [0.5, 0.6) is 0 Å². The number of carbonyl (C=O) groups excluding carboxylic acids is 1. The second-order valence-electron chi connectivity index (χ2n) is 6.50. The minimum absolute atomic E-state index is 0.00357. The normalized spacial score (nSPS) is 16.2. The van der Waals surface area contributed by atoms with Crippen LogP contribution in [0.2, 0.25) is 0 Å². The molecule has 144 valence electrons. The number of hydrogen-bond donors (Lipinski definition) is 0. The average Bonchev–Trinajstić information content (AvgIpc) is 3.43. The molecule has 28 heavy (non-hydrogen) atoms. The van der Waals surface area contributed by atoms with Gasteiger partial charge in [0.05, 0.1) is 17.9 Å². The Bertz CT molecular complexity index is 919. The Morgan fingerprint density at radius 1 is 1.14 bits per heavy atom. The van der Waals surface area contributed by atoms with E-state index in [1.807, 2.05) is 48.5 Å². The van der Waals surface area contributed by atoms with Crippen molar-refractivity contribution >= 4 is 17.7 Å². The second-order valence-corrected chi connectivity index (χ2v) is 7.56. The summed E-state index contributed by atoms with van der Waals surface area (Å²) in [6.07, 6.45) is 4.09. The fourth-order valence-electron chi connectivity index (χ4n) is 3.04. The SMILES string of the molecule is O=C(OCc1ncc(-c2ccccc2)o1)c1ccccc1SCC1CCCO1. The van der Waals surface area contributed by atoms with Crippen LogP contribution in [0, 0.1) is 0 Å². The number of carbonyl (C=O) groups is 1. The highest BCUT2D eigenvalue weighted by Crippen LogP contribution is 2.27. The van der Waals surface area contributed by atoms with Gasteiger partial charge < -0.3 is 13.9 Å². The van der Waals surface area contributed by atoms with E-state index in [0.717, 1.165) is 35.7 Å². The molecule has 0 radical (unpaired) electrons. The van der Waals surface area contributed by atoms with E-state index in [4.69, 9.17) is 13.9 Å². The van der Waals surface area contributed by atoms with Gasteiger partial charge >= 0.3 is 5.97 Å². The van der Waals surface area contributed by atoms with Gasteiger partial charge in [0.1, 0.15) is 0 Å². The van der Waals surface area contributed by atoms with Crippen molar-refractivity contribution in [3.05, 3.63) is 72.2 Å². The molecule has 0 N–H and O–H groups in total. The summed E-state index contributed by atoms with van der Waals surface area (Å²) in [5, 5.41) is 0. The van der Waals surface area contributed by atoms with E-state index in [2.05, 4.69) is 4.98 Å². The summed E-state index contributed by atoms with van der Waals surface area (Å²) in [6, 6.07) is 17.2. The van der Waals surface area contributed by atoms with E-state index in [-0.39, 0.29) is 18.7 Å². The summed E-state index contributed by atoms with van der Waals surface area (Å²) >= 11 is 1.63. The van der Waals surface area contributed by atoms with Crippen LogP contribution < -0.4 is 0 Å². The standard InChI is InChI=1S/C22H21NO4S/c24-22(18-10-4-5-11-20(18)28-15-17-9-6-12-25-17)26-14-21-23-13-19(27-21)16-7-2-1-3-8-16/h1-5,7-8,10-11,13,17H,6,9,12,14-15H2. The molecule has 0 spiro atoms. The average molecular weight is 395 g/mol. The minimum Gasteiger partial charge on any atom is -0.452 e. The molecule has 3 aromatic rings. The number of rotatable bonds is 7. The molecule has 5 nitrogen and oxygen atoms in total. The molecule has 1 unspecified atom stereocenters. The van der Waals surface area contributed by atoms with Gasteiger partial charge in [-0.05, 0) is 25.0 Å². The van der Waals surface area contributed by atoms with Gasteiger partial charge in [-0.2, -0.15) is 0 Å². The summed E-state index contributed by atoms with van der Waals surface area (Å²) in [7, 11) is 0. The van der Waals surface area contributed by atoms with Gasteiger partial charge in [0.25, 0.3) is 0 Å². The van der Waals surface area contributed by atoms with Gasteiger partial charge in [0, 0.05) is 22.8 Å². The third-order valence-corrected chi connectivity index (χ3v) is 5.70. The Labute approximate surface area is 168 Å². The lowest BCUT2D eigenvalue weighted by Crippen LogP contribution is -2.10. The first-order chi connectivity index (χ1) is 13.8. The molecule has 1 aliphatic heterocycles. The Kier molecular flexibility index (Phi) is 6.09. The predicted octanol–water partition coefficient (Wildman–Crippen LogP) is 4.97. The zero-order valence-corrected chi connectivity index (χ0v) is 16.2. The van der Waals surface area contributed by atoms with Crippen LogP contribution in [0.25, 0.3) is 11.3 Å². The molecule has 1 aromatic heterocycles. The molecule has 2 heterocycles. The monoisotopic (exact) mass is 395 g/mol. The molecule has 1 atom stereocenters. The zero-order valence-electron chi connectivity index (χ0n) is 15.4. The third-order valence-electron chi connectivity index (χ3n) is 4.49. The molecule has 1 fully saturated rings. The molecule has 0 amide bonds. The summed E-state index contributed by atoms with van der Waals surface area (Å²) in [5.74, 6) is 1.48. The van der Waals surface area contributed by atoms with Crippen molar-refractivity contribution < 1.29 is 18.7 Å². The van der Waals surface area contributed by atoms with Crippen molar-refractivity contribution in [3.63, 3.8) is 0 Å². The van der Waals surface area contributed by atoms with Crippen molar-refractivity contribution in [2.45, 2.75) is 30.4 Å². The number of nitrogens with zero attached hydrogens (tertiary/aromatic N) is 1. The van der Waals surface area contributed by atoms with E-state index >= 15 is 0 Å². The van der Waals surface area contributed by atoms with Gasteiger partial charge in [-0.15, -0.1) is 11.8 Å². The maximum absolute atomic E-state index is 12.6. The van der Waals surface area contributed by atoms with Crippen LogP contribution in [-0.4, -0.2) is 29.4 Å². The molecule has 6 heteroatoms. The number of benzene rings is 2. The highest BCUT2D eigenvalue weighted by Gasteiger charge is 2.19. The van der Waals surface area contributed by atoms with Crippen molar-refractivity contribution in [3.8, 4) is 11.3 Å². The lowest BCUT2D eigenvalue weighted by atomic mass is 10.2. The van der Waals surface area contributed by atoms with E-state index in [1.54, 1.807) is 24.0 Å². The van der Waals surface area contributed by atoms with Crippen LogP contribution >= 0.6 is 11.8 Å². The summed E-state index contributed by atoms with van der Waals surface area (Å²) < 4.78 is 16.8. The van der Waals surface area contributed by atoms with Gasteiger partial charge in [-0.25, -0.2) is 9.78 Å².